The fourth-order valence-corrected chi connectivity index (χ4v) is 0. The van der Waals surface area contributed by atoms with Crippen molar-refractivity contribution in [1.82, 2.24) is 0 Å². The first-order valence-electron chi connectivity index (χ1n) is 1.91. The first-order chi connectivity index (χ1) is 1.91. The molecule has 0 fully saturated rings. The van der Waals surface area contributed by atoms with Gasteiger partial charge in [0.1, 0.15) is 0 Å². The van der Waals surface area contributed by atoms with Crippen LogP contribution in [-0.2, 0) is 21.1 Å². The Morgan fingerprint density at radius 2 is 1.33 bits per heavy atom. The number of hydrogen-bond acceptors (Lipinski definition) is 0. The maximum absolute atomic E-state index is 2.18. The zero-order valence-corrected chi connectivity index (χ0v) is 10.1. The third-order valence-electron chi connectivity index (χ3n) is 0.500. The van der Waals surface area contributed by atoms with Gasteiger partial charge >= 0.3 is 51.4 Å². The average molecular weight is 293 g/mol. The molecule has 6 heavy (non-hydrogen) atoms. The third kappa shape index (κ3) is 16.2. The zero-order chi connectivity index (χ0) is 3.41. The Balaban J connectivity index is -0.0000000150. The minimum Gasteiger partial charge on any atom is -1.00 e. The number of unbranched alkanes of at least 4 members (excludes halogenated alkanes) is 1. The molecule has 0 N–H and O–H groups in total. The summed E-state index contributed by atoms with van der Waals surface area (Å²) >= 11 is 0. The summed E-state index contributed by atoms with van der Waals surface area (Å²) in [5.74, 6) is 0. The summed E-state index contributed by atoms with van der Waals surface area (Å²) in [5.41, 5.74) is 0. The summed E-state index contributed by atoms with van der Waals surface area (Å²) in [6.45, 7) is 4.36. The maximum atomic E-state index is 2.18. The minimum absolute atomic E-state index is 0. The van der Waals surface area contributed by atoms with Crippen molar-refractivity contribution in [1.29, 1.82) is 0 Å². The molecule has 38 valence electrons. The summed E-state index contributed by atoms with van der Waals surface area (Å²) in [6, 6.07) is 0. The first kappa shape index (κ1) is 15.8. The van der Waals surface area contributed by atoms with E-state index in [1.54, 1.807) is 0 Å². The molecule has 0 unspecified atom stereocenters. The van der Waals surface area contributed by atoms with Crippen molar-refractivity contribution in [3.63, 3.8) is 0 Å². The predicted molar refractivity (Wildman–Crippen MR) is 21.7 cm³/mol. The molecule has 0 aromatic heterocycles. The molecule has 0 bridgehead atoms. The van der Waals surface area contributed by atoms with E-state index in [0.717, 1.165) is 0 Å². The Bertz CT molecular complexity index is 13.7. The average Bonchev–Trinajstić information content (AvgIpc) is 1.37. The van der Waals surface area contributed by atoms with Crippen molar-refractivity contribution in [3.8, 4) is 0 Å². The van der Waals surface area contributed by atoms with Gasteiger partial charge in [-0.15, -0.1) is 0 Å². The fraction of sp³-hybridized carbons (Fsp3) is 1.00. The van der Waals surface area contributed by atoms with E-state index < -0.39 is 0 Å². The molecule has 0 aromatic carbocycles. The van der Waals surface area contributed by atoms with Crippen molar-refractivity contribution in [2.45, 2.75) is 26.7 Å². The van der Waals surface area contributed by atoms with E-state index in [4.69, 9.17) is 0 Å². The predicted octanol–water partition coefficient (Wildman–Crippen LogP) is -1.08. The second-order valence-electron chi connectivity index (χ2n) is 1.000. The van der Waals surface area contributed by atoms with Crippen LogP contribution in [0.2, 0.25) is 0 Å². The van der Waals surface area contributed by atoms with Crippen molar-refractivity contribution < 1.29 is 73.9 Å². The molecular formula is C4H11KPt. The Labute approximate surface area is 98.6 Å². The second kappa shape index (κ2) is 15.7. The van der Waals surface area contributed by atoms with Gasteiger partial charge in [-0.2, -0.15) is 0 Å². The van der Waals surface area contributed by atoms with Crippen LogP contribution in [0.3, 0.4) is 0 Å². The van der Waals surface area contributed by atoms with Gasteiger partial charge in [0, 0.05) is 21.1 Å². The molecule has 0 saturated heterocycles. The van der Waals surface area contributed by atoms with Crippen LogP contribution >= 0.6 is 0 Å². The van der Waals surface area contributed by atoms with Crippen LogP contribution in [0, 0.1) is 0 Å². The molecule has 0 atom stereocenters. The molecule has 0 rings (SSSR count). The summed E-state index contributed by atoms with van der Waals surface area (Å²) in [5, 5.41) is 0. The van der Waals surface area contributed by atoms with Gasteiger partial charge in [0.15, 0.2) is 0 Å². The molecule has 0 amide bonds. The zero-order valence-electron chi connectivity index (χ0n) is 5.73. The van der Waals surface area contributed by atoms with E-state index in [-0.39, 0.29) is 73.9 Å². The van der Waals surface area contributed by atoms with Crippen LogP contribution in [0.4, 0.5) is 0 Å². The quantitative estimate of drug-likeness (QED) is 0.540. The van der Waals surface area contributed by atoms with Crippen LogP contribution in [0.5, 0.6) is 0 Å². The van der Waals surface area contributed by atoms with Gasteiger partial charge in [-0.3, -0.25) is 0 Å². The molecule has 0 heterocycles. The van der Waals surface area contributed by atoms with Gasteiger partial charge in [0.25, 0.3) is 0 Å². The van der Waals surface area contributed by atoms with Crippen molar-refractivity contribution in [3.05, 3.63) is 0 Å². The van der Waals surface area contributed by atoms with Crippen LogP contribution in [0.25, 0.3) is 0 Å². The van der Waals surface area contributed by atoms with Crippen LogP contribution in [0.15, 0.2) is 0 Å². The SMILES string of the molecule is CCCC.[H-].[K+].[Pt]. The smallest absolute Gasteiger partial charge is 1.00 e. The Kier molecular flexibility index (Phi) is 41.1. The van der Waals surface area contributed by atoms with Crippen LogP contribution < -0.4 is 51.4 Å². The molecule has 2 heteroatoms. The summed E-state index contributed by atoms with van der Waals surface area (Å²) in [7, 11) is 0. The maximum Gasteiger partial charge on any atom is 1.00 e. The summed E-state index contributed by atoms with van der Waals surface area (Å²) in [6.07, 6.45) is 2.64. The minimum atomic E-state index is 0. The first-order valence-corrected chi connectivity index (χ1v) is 1.91. The molecule has 0 radical (unpaired) electrons. The summed E-state index contributed by atoms with van der Waals surface area (Å²) in [4.78, 5) is 0. The molecule has 0 saturated carbocycles. The third-order valence-corrected chi connectivity index (χ3v) is 0.500. The molecule has 0 aliphatic heterocycles. The van der Waals surface area contributed by atoms with Crippen LogP contribution in [-0.4, -0.2) is 0 Å². The van der Waals surface area contributed by atoms with Gasteiger partial charge in [0.2, 0.25) is 0 Å². The molecular weight excluding hydrogens is 282 g/mol. The molecule has 0 aliphatic rings. The van der Waals surface area contributed by atoms with E-state index in [9.17, 15) is 0 Å². The normalized spacial score (nSPS) is 5.00. The molecule has 0 aliphatic carbocycles. The number of hydrogen-bond donors (Lipinski definition) is 0. The van der Waals surface area contributed by atoms with Crippen molar-refractivity contribution in [2.75, 3.05) is 0 Å². The van der Waals surface area contributed by atoms with Gasteiger partial charge in [-0.05, 0) is 0 Å². The summed E-state index contributed by atoms with van der Waals surface area (Å²) < 4.78 is 0. The van der Waals surface area contributed by atoms with Crippen molar-refractivity contribution in [2.24, 2.45) is 0 Å². The van der Waals surface area contributed by atoms with E-state index >= 15 is 0 Å². The molecule has 0 aromatic rings. The fourth-order valence-electron chi connectivity index (χ4n) is 0. The Morgan fingerprint density at radius 1 is 1.17 bits per heavy atom. The van der Waals surface area contributed by atoms with Crippen molar-refractivity contribution >= 4 is 0 Å². The van der Waals surface area contributed by atoms with E-state index in [1.165, 1.54) is 12.8 Å². The van der Waals surface area contributed by atoms with Crippen LogP contribution in [0.1, 0.15) is 28.1 Å². The molecule has 0 nitrogen and oxygen atoms in total. The van der Waals surface area contributed by atoms with E-state index in [0.29, 0.717) is 0 Å². The largest absolute Gasteiger partial charge is 1.00 e. The molecule has 0 spiro atoms. The number of rotatable bonds is 1. The topological polar surface area (TPSA) is 0 Å². The van der Waals surface area contributed by atoms with Gasteiger partial charge in [-0.1, -0.05) is 26.7 Å². The van der Waals surface area contributed by atoms with E-state index in [1.807, 2.05) is 0 Å². The monoisotopic (exact) mass is 293 g/mol. The van der Waals surface area contributed by atoms with Gasteiger partial charge in [-0.25, -0.2) is 0 Å². The second-order valence-corrected chi connectivity index (χ2v) is 1.000. The van der Waals surface area contributed by atoms with Gasteiger partial charge in [0.05, 0.1) is 0 Å². The van der Waals surface area contributed by atoms with E-state index in [2.05, 4.69) is 13.8 Å². The van der Waals surface area contributed by atoms with Gasteiger partial charge < -0.3 is 1.43 Å². The standard InChI is InChI=1S/C4H10.K.Pt.H/c1-3-4-2;;;/h3-4H2,1-2H3;;;/q;+1;;-1. The Hall–Kier alpha value is 2.32. The Morgan fingerprint density at radius 3 is 1.33 bits per heavy atom.